The molecule has 28 heavy (non-hydrogen) atoms. The number of rotatable bonds is 9. The highest BCUT2D eigenvalue weighted by atomic mass is 35.5. The third-order valence-corrected chi connectivity index (χ3v) is 3.89. The van der Waals surface area contributed by atoms with Crippen molar-refractivity contribution in [2.24, 2.45) is 11.8 Å². The number of halogens is 2. The molecular weight excluding hydrogens is 413 g/mol. The fraction of sp³-hybridized carbons (Fsp3) is 0.500. The van der Waals surface area contributed by atoms with Crippen molar-refractivity contribution in [2.75, 3.05) is 6.54 Å². The number of nitrogens with one attached hydrogen (secondary N) is 1. The van der Waals surface area contributed by atoms with E-state index in [4.69, 9.17) is 37.4 Å². The van der Waals surface area contributed by atoms with Crippen molar-refractivity contribution in [2.45, 2.75) is 40.1 Å². The maximum absolute atomic E-state index is 12.0. The van der Waals surface area contributed by atoms with E-state index in [0.717, 1.165) is 0 Å². The molecule has 0 aliphatic rings. The number of aliphatic carboxylic acids is 1. The monoisotopic (exact) mass is 435 g/mol. The summed E-state index contributed by atoms with van der Waals surface area (Å²) >= 11 is 11.8. The smallest absolute Gasteiger partial charge is 0.410 e. The van der Waals surface area contributed by atoms with Crippen LogP contribution < -0.4 is 10.1 Å². The Morgan fingerprint density at radius 1 is 1.11 bits per heavy atom. The van der Waals surface area contributed by atoms with Crippen LogP contribution in [0.4, 0.5) is 4.79 Å². The summed E-state index contributed by atoms with van der Waals surface area (Å²) in [4.78, 5) is 35.1. The molecule has 1 amide bonds. The molecule has 1 aromatic carbocycles. The second kappa shape index (κ2) is 11.0. The van der Waals surface area contributed by atoms with E-state index >= 15 is 0 Å². The van der Waals surface area contributed by atoms with E-state index < -0.39 is 37.0 Å². The Balaban J connectivity index is 2.69. The number of hydrogen-bond acceptors (Lipinski definition) is 6. The second-order valence-corrected chi connectivity index (χ2v) is 7.35. The van der Waals surface area contributed by atoms with Gasteiger partial charge in [-0.15, -0.1) is 0 Å². The van der Waals surface area contributed by atoms with E-state index in [1.165, 1.54) is 18.2 Å². The standard InChI is InChI=1S/C18H23Cl2NO7/c1-9(2)16(24)27-17(10(3)4)28-18(25)21-8-14(15(22)23)26-13-7-11(19)5-6-12(13)20/h5-7,9-10,14,17H,8H2,1-4H3,(H,21,25)(H,22,23)/t14-,17+/m0/s1. The molecule has 1 rings (SSSR count). The van der Waals surface area contributed by atoms with Crippen LogP contribution in [-0.2, 0) is 19.1 Å². The van der Waals surface area contributed by atoms with E-state index in [-0.39, 0.29) is 22.6 Å². The highest BCUT2D eigenvalue weighted by molar-refractivity contribution is 6.34. The van der Waals surface area contributed by atoms with Gasteiger partial charge in [0.1, 0.15) is 5.75 Å². The van der Waals surface area contributed by atoms with Gasteiger partial charge >= 0.3 is 18.0 Å². The Bertz CT molecular complexity index is 709. The maximum atomic E-state index is 12.0. The van der Waals surface area contributed by atoms with Crippen LogP contribution >= 0.6 is 23.2 Å². The lowest BCUT2D eigenvalue weighted by molar-refractivity contribution is -0.178. The number of carboxylic acids is 1. The van der Waals surface area contributed by atoms with Gasteiger partial charge in [-0.3, -0.25) is 4.79 Å². The number of carbonyl (C=O) groups excluding carboxylic acids is 2. The molecule has 0 saturated heterocycles. The summed E-state index contributed by atoms with van der Waals surface area (Å²) in [6.45, 7) is 6.29. The van der Waals surface area contributed by atoms with Gasteiger partial charge in [-0.25, -0.2) is 9.59 Å². The van der Waals surface area contributed by atoms with Crippen molar-refractivity contribution in [3.8, 4) is 5.75 Å². The molecule has 0 heterocycles. The molecule has 0 aromatic heterocycles. The van der Waals surface area contributed by atoms with Crippen LogP contribution in [0, 0.1) is 11.8 Å². The Morgan fingerprint density at radius 3 is 2.29 bits per heavy atom. The minimum atomic E-state index is -1.45. The number of esters is 1. The lowest BCUT2D eigenvalue weighted by Crippen LogP contribution is -2.42. The van der Waals surface area contributed by atoms with Crippen LogP contribution in [0.5, 0.6) is 5.75 Å². The van der Waals surface area contributed by atoms with E-state index in [2.05, 4.69) is 5.32 Å². The van der Waals surface area contributed by atoms with Crippen molar-refractivity contribution in [1.82, 2.24) is 5.32 Å². The van der Waals surface area contributed by atoms with Gasteiger partial charge in [-0.2, -0.15) is 0 Å². The summed E-state index contributed by atoms with van der Waals surface area (Å²) < 4.78 is 15.5. The molecule has 2 atom stereocenters. The lowest BCUT2D eigenvalue weighted by Gasteiger charge is -2.23. The molecule has 0 spiro atoms. The SMILES string of the molecule is CC(C)C(=O)O[C@H](OC(=O)NC[C@H](Oc1cc(Cl)ccc1Cl)C(=O)O)C(C)C. The van der Waals surface area contributed by atoms with Gasteiger partial charge in [0.25, 0.3) is 6.29 Å². The number of carboxylic acid groups (broad SMARTS) is 1. The Morgan fingerprint density at radius 2 is 1.75 bits per heavy atom. The van der Waals surface area contributed by atoms with Crippen LogP contribution in [0.1, 0.15) is 27.7 Å². The molecular formula is C18H23Cl2NO7. The van der Waals surface area contributed by atoms with Crippen molar-refractivity contribution < 1.29 is 33.7 Å². The van der Waals surface area contributed by atoms with Crippen LogP contribution in [0.25, 0.3) is 0 Å². The predicted octanol–water partition coefficient (Wildman–Crippen LogP) is 3.73. The number of carbonyl (C=O) groups is 3. The van der Waals surface area contributed by atoms with Crippen LogP contribution in [0.3, 0.4) is 0 Å². The zero-order chi connectivity index (χ0) is 21.4. The topological polar surface area (TPSA) is 111 Å². The van der Waals surface area contributed by atoms with Gasteiger partial charge in [0.15, 0.2) is 0 Å². The van der Waals surface area contributed by atoms with Crippen LogP contribution in [0.15, 0.2) is 18.2 Å². The molecule has 8 nitrogen and oxygen atoms in total. The zero-order valence-corrected chi connectivity index (χ0v) is 17.4. The molecule has 0 unspecified atom stereocenters. The summed E-state index contributed by atoms with van der Waals surface area (Å²) in [7, 11) is 0. The summed E-state index contributed by atoms with van der Waals surface area (Å²) in [6.07, 6.45) is -3.51. The van der Waals surface area contributed by atoms with E-state index in [1.54, 1.807) is 27.7 Å². The molecule has 2 N–H and O–H groups in total. The molecule has 0 radical (unpaired) electrons. The fourth-order valence-electron chi connectivity index (χ4n) is 1.77. The van der Waals surface area contributed by atoms with Crippen molar-refractivity contribution >= 4 is 41.2 Å². The minimum absolute atomic E-state index is 0.0580. The maximum Gasteiger partial charge on any atom is 0.410 e. The molecule has 0 aliphatic carbocycles. The molecule has 0 bridgehead atoms. The summed E-state index contributed by atoms with van der Waals surface area (Å²) in [5.41, 5.74) is 0. The largest absolute Gasteiger partial charge is 0.478 e. The summed E-state index contributed by atoms with van der Waals surface area (Å²) in [6, 6.07) is 4.33. The van der Waals surface area contributed by atoms with Gasteiger partial charge in [0.2, 0.25) is 6.10 Å². The molecule has 1 aromatic rings. The van der Waals surface area contributed by atoms with Crippen molar-refractivity contribution in [3.63, 3.8) is 0 Å². The van der Waals surface area contributed by atoms with E-state index in [1.807, 2.05) is 0 Å². The number of amides is 1. The molecule has 0 saturated carbocycles. The highest BCUT2D eigenvalue weighted by Gasteiger charge is 2.26. The quantitative estimate of drug-likeness (QED) is 0.448. The summed E-state index contributed by atoms with van der Waals surface area (Å²) in [5.74, 6) is -2.48. The number of benzene rings is 1. The van der Waals surface area contributed by atoms with Gasteiger partial charge in [-0.1, -0.05) is 50.9 Å². The zero-order valence-electron chi connectivity index (χ0n) is 15.9. The summed E-state index contributed by atoms with van der Waals surface area (Å²) in [5, 5.41) is 12.0. The average Bonchev–Trinajstić information content (AvgIpc) is 2.60. The third kappa shape index (κ3) is 7.82. The first-order valence-corrected chi connectivity index (χ1v) is 9.26. The van der Waals surface area contributed by atoms with Gasteiger partial charge in [0, 0.05) is 17.0 Å². The average molecular weight is 436 g/mol. The van der Waals surface area contributed by atoms with Crippen LogP contribution in [0.2, 0.25) is 10.0 Å². The second-order valence-electron chi connectivity index (χ2n) is 6.51. The van der Waals surface area contributed by atoms with E-state index in [0.29, 0.717) is 5.02 Å². The fourth-order valence-corrected chi connectivity index (χ4v) is 2.09. The molecule has 0 aliphatic heterocycles. The molecule has 10 heteroatoms. The molecule has 0 fully saturated rings. The van der Waals surface area contributed by atoms with Gasteiger partial charge in [-0.05, 0) is 12.1 Å². The first-order chi connectivity index (χ1) is 13.0. The van der Waals surface area contributed by atoms with Crippen molar-refractivity contribution in [1.29, 1.82) is 0 Å². The number of ether oxygens (including phenoxy) is 3. The highest BCUT2D eigenvalue weighted by Crippen LogP contribution is 2.28. The lowest BCUT2D eigenvalue weighted by atomic mass is 10.2. The Hall–Kier alpha value is -2.19. The number of hydrogen-bond donors (Lipinski definition) is 2. The minimum Gasteiger partial charge on any atom is -0.478 e. The first kappa shape index (κ1) is 23.8. The Labute approximate surface area is 173 Å². The third-order valence-electron chi connectivity index (χ3n) is 3.34. The van der Waals surface area contributed by atoms with Crippen molar-refractivity contribution in [3.05, 3.63) is 28.2 Å². The first-order valence-electron chi connectivity index (χ1n) is 8.50. The van der Waals surface area contributed by atoms with Gasteiger partial charge in [0.05, 0.1) is 17.5 Å². The number of alkyl carbamates (subject to hydrolysis) is 1. The normalized spacial score (nSPS) is 13.0. The van der Waals surface area contributed by atoms with Gasteiger partial charge < -0.3 is 24.6 Å². The van der Waals surface area contributed by atoms with Crippen LogP contribution in [-0.4, -0.2) is 42.1 Å². The predicted molar refractivity (Wildman–Crippen MR) is 103 cm³/mol. The molecule has 156 valence electrons. The Kier molecular flexibility index (Phi) is 9.34. The van der Waals surface area contributed by atoms with E-state index in [9.17, 15) is 19.5 Å².